The number of hydrogen-bond donors (Lipinski definition) is 2. The second-order valence-corrected chi connectivity index (χ2v) is 5.39. The minimum atomic E-state index is -1.57. The van der Waals surface area contributed by atoms with Gasteiger partial charge >= 0.3 is 11.9 Å². The molecule has 1 aromatic carbocycles. The van der Waals surface area contributed by atoms with Crippen LogP contribution in [-0.2, 0) is 9.59 Å². The van der Waals surface area contributed by atoms with E-state index < -0.39 is 42.6 Å². The maximum Gasteiger partial charge on any atom is 0.326 e. The number of fused-ring (bicyclic) bond motifs is 1. The third-order valence-corrected chi connectivity index (χ3v) is 3.91. The van der Waals surface area contributed by atoms with Gasteiger partial charge in [-0.25, -0.2) is 4.79 Å². The molecule has 1 aliphatic heterocycles. The highest BCUT2D eigenvalue weighted by atomic mass is 35.5. The van der Waals surface area contributed by atoms with E-state index in [2.05, 4.69) is 0 Å². The number of carbonyl (C=O) groups excluding carboxylic acids is 2. The van der Waals surface area contributed by atoms with Gasteiger partial charge in [0, 0.05) is 6.42 Å². The van der Waals surface area contributed by atoms with Crippen LogP contribution in [0.25, 0.3) is 0 Å². The lowest BCUT2D eigenvalue weighted by Crippen LogP contribution is -2.45. The number of rotatable bonds is 5. The van der Waals surface area contributed by atoms with Gasteiger partial charge in [0.25, 0.3) is 11.8 Å². The van der Waals surface area contributed by atoms with E-state index in [9.17, 15) is 24.3 Å². The Labute approximate surface area is 134 Å². The molecule has 0 aromatic heterocycles. The number of benzene rings is 1. The molecule has 1 unspecified atom stereocenters. The summed E-state index contributed by atoms with van der Waals surface area (Å²) in [5, 5.41) is 17.9. The molecule has 0 spiro atoms. The number of carbonyl (C=O) groups is 4. The van der Waals surface area contributed by atoms with Gasteiger partial charge in [0.15, 0.2) is 0 Å². The highest BCUT2D eigenvalue weighted by Gasteiger charge is 2.43. The van der Waals surface area contributed by atoms with Crippen molar-refractivity contribution in [1.82, 2.24) is 4.90 Å². The van der Waals surface area contributed by atoms with E-state index in [4.69, 9.17) is 28.3 Å². The molecule has 2 rings (SSSR count). The summed E-state index contributed by atoms with van der Waals surface area (Å²) in [5.74, 6) is -4.37. The van der Waals surface area contributed by atoms with Crippen molar-refractivity contribution >= 4 is 47.0 Å². The highest BCUT2D eigenvalue weighted by Crippen LogP contribution is 2.33. The molecule has 0 aliphatic carbocycles. The molecule has 2 amide bonds. The molecule has 0 bridgehead atoms. The van der Waals surface area contributed by atoms with Crippen LogP contribution in [-0.4, -0.2) is 44.9 Å². The summed E-state index contributed by atoms with van der Waals surface area (Å²) in [7, 11) is 0. The molecular weight excluding hydrogens is 337 g/mol. The quantitative estimate of drug-likeness (QED) is 0.788. The second-order valence-electron chi connectivity index (χ2n) is 4.58. The average molecular weight is 346 g/mol. The van der Waals surface area contributed by atoms with Crippen molar-refractivity contribution in [1.29, 1.82) is 0 Å². The molecule has 0 saturated heterocycles. The van der Waals surface area contributed by atoms with Crippen LogP contribution in [0.15, 0.2) is 12.1 Å². The Hall–Kier alpha value is -2.12. The van der Waals surface area contributed by atoms with Crippen LogP contribution in [0.5, 0.6) is 0 Å². The number of aliphatic carboxylic acids is 2. The molecule has 0 saturated carbocycles. The van der Waals surface area contributed by atoms with Crippen molar-refractivity contribution in [2.45, 2.75) is 18.9 Å². The van der Waals surface area contributed by atoms with Crippen LogP contribution < -0.4 is 0 Å². The van der Waals surface area contributed by atoms with Gasteiger partial charge in [0.1, 0.15) is 6.04 Å². The number of imide groups is 1. The van der Waals surface area contributed by atoms with Crippen molar-refractivity contribution < 1.29 is 29.4 Å². The fourth-order valence-corrected chi connectivity index (χ4v) is 2.49. The lowest BCUT2D eigenvalue weighted by Gasteiger charge is -2.21. The van der Waals surface area contributed by atoms with Crippen molar-refractivity contribution in [3.63, 3.8) is 0 Å². The summed E-state index contributed by atoms with van der Waals surface area (Å²) < 4.78 is 0. The van der Waals surface area contributed by atoms with Crippen molar-refractivity contribution in [3.05, 3.63) is 33.3 Å². The largest absolute Gasteiger partial charge is 0.481 e. The van der Waals surface area contributed by atoms with Gasteiger partial charge in [0.2, 0.25) is 0 Å². The van der Waals surface area contributed by atoms with Gasteiger partial charge in [-0.2, -0.15) is 0 Å². The van der Waals surface area contributed by atoms with Crippen molar-refractivity contribution in [2.75, 3.05) is 0 Å². The van der Waals surface area contributed by atoms with E-state index in [-0.39, 0.29) is 21.2 Å². The SMILES string of the molecule is O=C(O)CCC(C(=O)O)N1C(=O)c2cc(Cl)c(Cl)cc2C1=O. The van der Waals surface area contributed by atoms with Gasteiger partial charge in [-0.1, -0.05) is 23.2 Å². The zero-order valence-electron chi connectivity index (χ0n) is 10.9. The number of carboxylic acid groups (broad SMARTS) is 2. The predicted octanol–water partition coefficient (Wildman–Crippen LogP) is 1.91. The predicted molar refractivity (Wildman–Crippen MR) is 75.3 cm³/mol. The lowest BCUT2D eigenvalue weighted by atomic mass is 10.1. The average Bonchev–Trinajstić information content (AvgIpc) is 2.64. The Morgan fingerprint density at radius 2 is 1.50 bits per heavy atom. The zero-order chi connectivity index (χ0) is 16.6. The van der Waals surface area contributed by atoms with Gasteiger partial charge in [-0.15, -0.1) is 0 Å². The maximum atomic E-state index is 12.3. The van der Waals surface area contributed by atoms with Crippen LogP contribution in [0.4, 0.5) is 0 Å². The molecule has 1 atom stereocenters. The fraction of sp³-hybridized carbons (Fsp3) is 0.231. The smallest absolute Gasteiger partial charge is 0.326 e. The Morgan fingerprint density at radius 3 is 1.86 bits per heavy atom. The third kappa shape index (κ3) is 2.77. The monoisotopic (exact) mass is 345 g/mol. The fourth-order valence-electron chi connectivity index (χ4n) is 2.16. The summed E-state index contributed by atoms with van der Waals surface area (Å²) in [6.45, 7) is 0. The summed E-state index contributed by atoms with van der Waals surface area (Å²) in [5.41, 5.74) is -0.109. The Bertz CT molecular complexity index is 661. The van der Waals surface area contributed by atoms with E-state index in [1.807, 2.05) is 0 Å². The first kappa shape index (κ1) is 16.3. The molecule has 1 aliphatic rings. The summed E-state index contributed by atoms with van der Waals surface area (Å²) >= 11 is 11.6. The number of nitrogens with zero attached hydrogens (tertiary/aromatic N) is 1. The summed E-state index contributed by atoms with van der Waals surface area (Å²) in [6.07, 6.45) is -0.885. The molecule has 1 heterocycles. The van der Waals surface area contributed by atoms with E-state index >= 15 is 0 Å². The Balaban J connectivity index is 2.40. The number of halogens is 2. The van der Waals surface area contributed by atoms with Gasteiger partial charge in [-0.3, -0.25) is 19.3 Å². The van der Waals surface area contributed by atoms with Crippen LogP contribution in [0.3, 0.4) is 0 Å². The lowest BCUT2D eigenvalue weighted by molar-refractivity contribution is -0.142. The molecule has 22 heavy (non-hydrogen) atoms. The van der Waals surface area contributed by atoms with Crippen molar-refractivity contribution in [3.8, 4) is 0 Å². The van der Waals surface area contributed by atoms with E-state index in [1.165, 1.54) is 12.1 Å². The summed E-state index contributed by atoms with van der Waals surface area (Å²) in [6, 6.07) is 0.812. The normalized spacial score (nSPS) is 14.9. The van der Waals surface area contributed by atoms with Gasteiger partial charge in [0.05, 0.1) is 21.2 Å². The summed E-state index contributed by atoms with van der Waals surface area (Å²) in [4.78, 5) is 46.9. The second kappa shape index (κ2) is 5.94. The number of hydrogen-bond acceptors (Lipinski definition) is 4. The minimum absolute atomic E-state index is 0.0547. The molecular formula is C13H9Cl2NO6. The van der Waals surface area contributed by atoms with Crippen LogP contribution in [0.1, 0.15) is 33.6 Å². The van der Waals surface area contributed by atoms with Crippen LogP contribution in [0, 0.1) is 0 Å². The minimum Gasteiger partial charge on any atom is -0.481 e. The van der Waals surface area contributed by atoms with Crippen molar-refractivity contribution in [2.24, 2.45) is 0 Å². The Kier molecular flexibility index (Phi) is 4.39. The standard InChI is InChI=1S/C13H9Cl2NO6/c14-7-3-5-6(4-8(7)15)12(20)16(11(5)19)9(13(21)22)1-2-10(17)18/h3-4,9H,1-2H2,(H,17,18)(H,21,22). The molecule has 0 radical (unpaired) electrons. The van der Waals surface area contributed by atoms with E-state index in [0.717, 1.165) is 0 Å². The van der Waals surface area contributed by atoms with Crippen LogP contribution in [0.2, 0.25) is 10.0 Å². The third-order valence-electron chi connectivity index (χ3n) is 3.19. The molecule has 7 nitrogen and oxygen atoms in total. The molecule has 2 N–H and O–H groups in total. The first-order valence-corrected chi connectivity index (χ1v) is 6.81. The number of amides is 2. The van der Waals surface area contributed by atoms with Gasteiger partial charge < -0.3 is 10.2 Å². The zero-order valence-corrected chi connectivity index (χ0v) is 12.4. The molecule has 9 heteroatoms. The number of carboxylic acids is 2. The Morgan fingerprint density at radius 1 is 1.05 bits per heavy atom. The van der Waals surface area contributed by atoms with E-state index in [1.54, 1.807) is 0 Å². The molecule has 1 aromatic rings. The molecule has 116 valence electrons. The maximum absolute atomic E-state index is 12.3. The topological polar surface area (TPSA) is 112 Å². The van der Waals surface area contributed by atoms with Crippen LogP contribution >= 0.6 is 23.2 Å². The molecule has 0 fully saturated rings. The first-order chi connectivity index (χ1) is 10.2. The van der Waals surface area contributed by atoms with Gasteiger partial charge in [-0.05, 0) is 18.6 Å². The highest BCUT2D eigenvalue weighted by molar-refractivity contribution is 6.43. The first-order valence-electron chi connectivity index (χ1n) is 6.05. The van der Waals surface area contributed by atoms with E-state index in [0.29, 0.717) is 4.90 Å².